The highest BCUT2D eigenvalue weighted by molar-refractivity contribution is 5.94. The summed E-state index contributed by atoms with van der Waals surface area (Å²) in [5, 5.41) is 1.18. The van der Waals surface area contributed by atoms with Crippen molar-refractivity contribution < 1.29 is 4.79 Å². The van der Waals surface area contributed by atoms with Gasteiger partial charge in [0.15, 0.2) is 0 Å². The molecule has 1 atom stereocenters. The zero-order valence-electron chi connectivity index (χ0n) is 15.9. The molecule has 0 radical (unpaired) electrons. The Kier molecular flexibility index (Phi) is 4.90. The van der Waals surface area contributed by atoms with Crippen LogP contribution in [0.3, 0.4) is 0 Å². The van der Waals surface area contributed by atoms with Crippen LogP contribution < -0.4 is 4.90 Å². The molecule has 4 heteroatoms. The average molecular weight is 359 g/mol. The molecule has 0 N–H and O–H groups in total. The Bertz CT molecular complexity index is 954. The van der Waals surface area contributed by atoms with Gasteiger partial charge in [-0.15, -0.1) is 0 Å². The monoisotopic (exact) mass is 359 g/mol. The third-order valence-electron chi connectivity index (χ3n) is 5.46. The van der Waals surface area contributed by atoms with Crippen LogP contribution in [0, 0.1) is 12.8 Å². The number of nitrogens with zero attached hydrogens (tertiary/aromatic N) is 3. The number of carbonyl (C=O) groups excluding carboxylic acids is 1. The van der Waals surface area contributed by atoms with Crippen molar-refractivity contribution in [1.82, 2.24) is 9.88 Å². The van der Waals surface area contributed by atoms with E-state index in [2.05, 4.69) is 35.0 Å². The lowest BCUT2D eigenvalue weighted by Gasteiger charge is -2.22. The summed E-state index contributed by atoms with van der Waals surface area (Å²) in [7, 11) is 1.88. The first-order valence-corrected chi connectivity index (χ1v) is 9.51. The van der Waals surface area contributed by atoms with E-state index in [1.54, 1.807) is 4.90 Å². The molecule has 0 bridgehead atoms. The molecule has 1 unspecified atom stereocenters. The standard InChI is InChI=1S/C23H25N3O/c1-17-13-18(14-19-7-6-11-24-22(17)19)15-26-12-10-20(16-26)23(27)25(2)21-8-4-3-5-9-21/h3-9,11,13-14,20H,10,12,15-16H2,1-2H3. The molecule has 0 saturated carbocycles. The zero-order chi connectivity index (χ0) is 18.8. The number of hydrogen-bond acceptors (Lipinski definition) is 3. The predicted molar refractivity (Wildman–Crippen MR) is 110 cm³/mol. The van der Waals surface area contributed by atoms with Crippen molar-refractivity contribution in [2.75, 3.05) is 25.0 Å². The fourth-order valence-corrected chi connectivity index (χ4v) is 4.03. The van der Waals surface area contributed by atoms with Gasteiger partial charge in [-0.05, 0) is 55.3 Å². The number of aryl methyl sites for hydroxylation is 1. The van der Waals surface area contributed by atoms with Crippen LogP contribution in [0.1, 0.15) is 17.5 Å². The molecular formula is C23H25N3O. The van der Waals surface area contributed by atoms with Crippen molar-refractivity contribution in [1.29, 1.82) is 0 Å². The summed E-state index contributed by atoms with van der Waals surface area (Å²) in [5.74, 6) is 0.279. The quantitative estimate of drug-likeness (QED) is 0.706. The van der Waals surface area contributed by atoms with Gasteiger partial charge in [-0.25, -0.2) is 0 Å². The third-order valence-corrected chi connectivity index (χ3v) is 5.46. The van der Waals surface area contributed by atoms with Gasteiger partial charge in [-0.2, -0.15) is 0 Å². The lowest BCUT2D eigenvalue weighted by molar-refractivity contribution is -0.121. The largest absolute Gasteiger partial charge is 0.315 e. The molecule has 0 spiro atoms. The summed E-state index contributed by atoms with van der Waals surface area (Å²) in [6, 6.07) is 18.4. The molecule has 1 aliphatic heterocycles. The number of pyridine rings is 1. The molecule has 4 rings (SSSR count). The highest BCUT2D eigenvalue weighted by atomic mass is 16.2. The number of carbonyl (C=O) groups is 1. The maximum Gasteiger partial charge on any atom is 0.231 e. The van der Waals surface area contributed by atoms with Crippen LogP contribution in [0.15, 0.2) is 60.8 Å². The van der Waals surface area contributed by atoms with E-state index in [-0.39, 0.29) is 11.8 Å². The number of hydrogen-bond donors (Lipinski definition) is 0. The van der Waals surface area contributed by atoms with Gasteiger partial charge < -0.3 is 4.90 Å². The second-order valence-electron chi connectivity index (χ2n) is 7.44. The third kappa shape index (κ3) is 3.71. The SMILES string of the molecule is Cc1cc(CN2CCC(C(=O)N(C)c3ccccc3)C2)cc2cccnc12. The summed E-state index contributed by atoms with van der Waals surface area (Å²) < 4.78 is 0. The summed E-state index contributed by atoms with van der Waals surface area (Å²) >= 11 is 0. The van der Waals surface area contributed by atoms with E-state index in [0.717, 1.165) is 37.3 Å². The van der Waals surface area contributed by atoms with Crippen molar-refractivity contribution in [3.05, 3.63) is 71.9 Å². The van der Waals surface area contributed by atoms with E-state index in [0.29, 0.717) is 0 Å². The molecule has 1 saturated heterocycles. The van der Waals surface area contributed by atoms with Gasteiger partial charge in [0.2, 0.25) is 5.91 Å². The Morgan fingerprint density at radius 3 is 2.81 bits per heavy atom. The molecule has 3 aromatic rings. The van der Waals surface area contributed by atoms with Gasteiger partial charge in [0, 0.05) is 37.4 Å². The van der Waals surface area contributed by atoms with Crippen molar-refractivity contribution >= 4 is 22.5 Å². The molecule has 4 nitrogen and oxygen atoms in total. The fourth-order valence-electron chi connectivity index (χ4n) is 4.03. The molecule has 1 aliphatic rings. The summed E-state index contributed by atoms with van der Waals surface area (Å²) in [4.78, 5) is 21.5. The number of amides is 1. The Morgan fingerprint density at radius 2 is 2.00 bits per heavy atom. The normalized spacial score (nSPS) is 17.3. The van der Waals surface area contributed by atoms with E-state index in [1.807, 2.05) is 49.6 Å². The molecule has 1 amide bonds. The molecule has 27 heavy (non-hydrogen) atoms. The van der Waals surface area contributed by atoms with Crippen LogP contribution in [-0.2, 0) is 11.3 Å². The number of fused-ring (bicyclic) bond motifs is 1. The molecule has 2 heterocycles. The second-order valence-corrected chi connectivity index (χ2v) is 7.44. The van der Waals surface area contributed by atoms with Gasteiger partial charge in [0.05, 0.1) is 11.4 Å². The van der Waals surface area contributed by atoms with Crippen molar-refractivity contribution in [3.8, 4) is 0 Å². The Balaban J connectivity index is 1.43. The van der Waals surface area contributed by atoms with E-state index in [9.17, 15) is 4.79 Å². The lowest BCUT2D eigenvalue weighted by Crippen LogP contribution is -2.34. The zero-order valence-corrected chi connectivity index (χ0v) is 15.9. The van der Waals surface area contributed by atoms with Crippen LogP contribution in [-0.4, -0.2) is 35.9 Å². The minimum atomic E-state index is 0.0680. The maximum absolute atomic E-state index is 12.9. The van der Waals surface area contributed by atoms with Gasteiger partial charge in [0.1, 0.15) is 0 Å². The van der Waals surface area contributed by atoms with Gasteiger partial charge in [0.25, 0.3) is 0 Å². The molecule has 1 fully saturated rings. The molecular weight excluding hydrogens is 334 g/mol. The minimum absolute atomic E-state index is 0.0680. The van der Waals surface area contributed by atoms with Crippen LogP contribution in [0.4, 0.5) is 5.69 Å². The first-order valence-electron chi connectivity index (χ1n) is 9.51. The highest BCUT2D eigenvalue weighted by Crippen LogP contribution is 2.25. The van der Waals surface area contributed by atoms with E-state index < -0.39 is 0 Å². The highest BCUT2D eigenvalue weighted by Gasteiger charge is 2.30. The lowest BCUT2D eigenvalue weighted by atomic mass is 10.1. The summed E-state index contributed by atoms with van der Waals surface area (Å²) in [5.41, 5.74) is 4.52. The number of aromatic nitrogens is 1. The Labute approximate surface area is 160 Å². The number of rotatable bonds is 4. The van der Waals surface area contributed by atoms with Gasteiger partial charge >= 0.3 is 0 Å². The van der Waals surface area contributed by atoms with Crippen molar-refractivity contribution in [2.24, 2.45) is 5.92 Å². The van der Waals surface area contributed by atoms with Gasteiger partial charge in [-0.1, -0.05) is 30.3 Å². The van der Waals surface area contributed by atoms with E-state index in [1.165, 1.54) is 16.5 Å². The van der Waals surface area contributed by atoms with Crippen LogP contribution in [0.2, 0.25) is 0 Å². The fraction of sp³-hybridized carbons (Fsp3) is 0.304. The van der Waals surface area contributed by atoms with Crippen molar-refractivity contribution in [3.63, 3.8) is 0 Å². The molecule has 1 aromatic heterocycles. The number of para-hydroxylation sites is 1. The summed E-state index contributed by atoms with van der Waals surface area (Å²) in [6.45, 7) is 4.78. The van der Waals surface area contributed by atoms with Crippen molar-refractivity contribution in [2.45, 2.75) is 19.9 Å². The van der Waals surface area contributed by atoms with Crippen LogP contribution >= 0.6 is 0 Å². The summed E-state index contributed by atoms with van der Waals surface area (Å²) in [6.07, 6.45) is 2.76. The smallest absolute Gasteiger partial charge is 0.231 e. The Morgan fingerprint density at radius 1 is 1.19 bits per heavy atom. The first-order chi connectivity index (χ1) is 13.1. The molecule has 2 aromatic carbocycles. The van der Waals surface area contributed by atoms with E-state index >= 15 is 0 Å². The minimum Gasteiger partial charge on any atom is -0.315 e. The second kappa shape index (κ2) is 7.49. The van der Waals surface area contributed by atoms with Gasteiger partial charge in [-0.3, -0.25) is 14.7 Å². The molecule has 0 aliphatic carbocycles. The molecule has 138 valence electrons. The van der Waals surface area contributed by atoms with Crippen LogP contribution in [0.25, 0.3) is 10.9 Å². The van der Waals surface area contributed by atoms with Crippen LogP contribution in [0.5, 0.6) is 0 Å². The Hall–Kier alpha value is -2.72. The predicted octanol–water partition coefficient (Wildman–Crippen LogP) is 4.03. The first kappa shape index (κ1) is 17.7. The maximum atomic E-state index is 12.9. The topological polar surface area (TPSA) is 36.4 Å². The van der Waals surface area contributed by atoms with E-state index in [4.69, 9.17) is 0 Å². The number of likely N-dealkylation sites (tertiary alicyclic amines) is 1. The number of benzene rings is 2. The number of anilines is 1. The average Bonchev–Trinajstić information content (AvgIpc) is 3.16.